The minimum Gasteiger partial charge on any atom is -0.756 e. The standard InChI is InChI=1S/C60H120NO8P/c1-6-8-10-12-14-16-18-19-20-21-22-23-24-25-26-27-28-29-30-31-32-33-34-35-36-37-38-39-40-41-42-43-45-47-49-51-53-60(63)69-58(57-68-70(64,65)67-55-54-61(3,4)5)56-66-59(62)52-50-48-46-44-17-15-13-11-9-7-2/h58H,6-57H2,1-5H3. The number of likely N-dealkylation sites (N-methyl/N-ethyl adjacent to an activating group) is 1. The quantitative estimate of drug-likeness (QED) is 0.0256. The SMILES string of the molecule is CCCCCCCCCCCCCCCCCCCCCCCCCCCCCCCCCCCCCCC(=O)OC(COC(=O)CCCCCCCCCCCC)COP(=O)([O-])OCC[N+](C)(C)C. The lowest BCUT2D eigenvalue weighted by Gasteiger charge is -2.28. The Hall–Kier alpha value is -0.990. The maximum absolute atomic E-state index is 12.8. The number of phosphoric acid groups is 1. The van der Waals surface area contributed by atoms with E-state index < -0.39 is 26.5 Å². The smallest absolute Gasteiger partial charge is 0.306 e. The summed E-state index contributed by atoms with van der Waals surface area (Å²) in [5.41, 5.74) is 0. The zero-order valence-electron chi connectivity index (χ0n) is 47.5. The largest absolute Gasteiger partial charge is 0.756 e. The first-order valence-corrected chi connectivity index (χ1v) is 32.2. The van der Waals surface area contributed by atoms with Crippen molar-refractivity contribution in [2.75, 3.05) is 47.5 Å². The van der Waals surface area contributed by atoms with Crippen molar-refractivity contribution in [2.45, 2.75) is 328 Å². The number of quaternary nitrogens is 1. The maximum Gasteiger partial charge on any atom is 0.306 e. The normalized spacial score (nSPS) is 13.2. The molecule has 2 unspecified atom stereocenters. The molecule has 418 valence electrons. The summed E-state index contributed by atoms with van der Waals surface area (Å²) in [4.78, 5) is 37.7. The molecular formula is C60H120NO8P. The van der Waals surface area contributed by atoms with Crippen LogP contribution in [0, 0.1) is 0 Å². The van der Waals surface area contributed by atoms with Crippen molar-refractivity contribution < 1.29 is 42.1 Å². The van der Waals surface area contributed by atoms with E-state index in [9.17, 15) is 19.0 Å². The van der Waals surface area contributed by atoms with Gasteiger partial charge in [-0.15, -0.1) is 0 Å². The van der Waals surface area contributed by atoms with Gasteiger partial charge in [0.25, 0.3) is 7.82 Å². The van der Waals surface area contributed by atoms with E-state index in [2.05, 4.69) is 13.8 Å². The summed E-state index contributed by atoms with van der Waals surface area (Å²) in [7, 11) is 1.19. The summed E-state index contributed by atoms with van der Waals surface area (Å²) in [6, 6.07) is 0. The van der Waals surface area contributed by atoms with Crippen molar-refractivity contribution in [1.82, 2.24) is 0 Å². The summed E-state index contributed by atoms with van der Waals surface area (Å²) in [6.07, 6.45) is 60.6. The molecule has 0 amide bonds. The molecule has 0 heterocycles. The van der Waals surface area contributed by atoms with Crippen LogP contribution in [0.1, 0.15) is 322 Å². The van der Waals surface area contributed by atoms with Crippen molar-refractivity contribution in [3.8, 4) is 0 Å². The van der Waals surface area contributed by atoms with Gasteiger partial charge in [0.2, 0.25) is 0 Å². The molecule has 0 saturated carbocycles. The monoisotopic (exact) mass is 1010 g/mol. The molecule has 0 aromatic carbocycles. The highest BCUT2D eigenvalue weighted by Gasteiger charge is 2.22. The second-order valence-electron chi connectivity index (χ2n) is 22.4. The van der Waals surface area contributed by atoms with Gasteiger partial charge in [0, 0.05) is 12.8 Å². The van der Waals surface area contributed by atoms with Crippen LogP contribution in [0.2, 0.25) is 0 Å². The number of hydrogen-bond donors (Lipinski definition) is 0. The van der Waals surface area contributed by atoms with Gasteiger partial charge in [-0.3, -0.25) is 14.2 Å². The van der Waals surface area contributed by atoms with Crippen molar-refractivity contribution in [1.29, 1.82) is 0 Å². The van der Waals surface area contributed by atoms with E-state index in [0.29, 0.717) is 17.4 Å². The molecule has 0 aliphatic carbocycles. The molecule has 0 N–H and O–H groups in total. The van der Waals surface area contributed by atoms with Crippen LogP contribution >= 0.6 is 7.82 Å². The van der Waals surface area contributed by atoms with Gasteiger partial charge in [0.05, 0.1) is 27.7 Å². The fraction of sp³-hybridized carbons (Fsp3) is 0.967. The molecule has 0 fully saturated rings. The molecule has 0 aliphatic rings. The van der Waals surface area contributed by atoms with Gasteiger partial charge in [-0.2, -0.15) is 0 Å². The van der Waals surface area contributed by atoms with Crippen LogP contribution in [0.4, 0.5) is 0 Å². The summed E-state index contributed by atoms with van der Waals surface area (Å²) in [6.45, 7) is 4.28. The van der Waals surface area contributed by atoms with Crippen molar-refractivity contribution in [3.63, 3.8) is 0 Å². The molecule has 10 heteroatoms. The Morgan fingerprint density at radius 2 is 0.643 bits per heavy atom. The molecular weight excluding hydrogens is 894 g/mol. The summed E-state index contributed by atoms with van der Waals surface area (Å²) in [5.74, 6) is -0.816. The number of esters is 2. The molecule has 0 aromatic rings. The predicted molar refractivity (Wildman–Crippen MR) is 296 cm³/mol. The number of hydrogen-bond acceptors (Lipinski definition) is 8. The van der Waals surface area contributed by atoms with Crippen LogP contribution in [0.5, 0.6) is 0 Å². The minimum atomic E-state index is -4.62. The number of nitrogens with zero attached hydrogens (tertiary/aromatic N) is 1. The third-order valence-electron chi connectivity index (χ3n) is 14.1. The van der Waals surface area contributed by atoms with Gasteiger partial charge < -0.3 is 27.9 Å². The van der Waals surface area contributed by atoms with Gasteiger partial charge >= 0.3 is 11.9 Å². The first kappa shape index (κ1) is 69.0. The van der Waals surface area contributed by atoms with Crippen LogP contribution in [0.25, 0.3) is 0 Å². The Kier molecular flexibility index (Phi) is 52.1. The first-order valence-electron chi connectivity index (χ1n) is 30.7. The second kappa shape index (κ2) is 52.9. The molecule has 0 rings (SSSR count). The van der Waals surface area contributed by atoms with E-state index in [1.807, 2.05) is 21.1 Å². The van der Waals surface area contributed by atoms with E-state index in [1.54, 1.807) is 0 Å². The number of carbonyl (C=O) groups is 2. The third-order valence-corrected chi connectivity index (χ3v) is 15.1. The topological polar surface area (TPSA) is 111 Å². The first-order chi connectivity index (χ1) is 34.0. The van der Waals surface area contributed by atoms with Crippen LogP contribution in [-0.2, 0) is 32.7 Å². The van der Waals surface area contributed by atoms with Gasteiger partial charge in [-0.1, -0.05) is 296 Å². The highest BCUT2D eigenvalue weighted by molar-refractivity contribution is 7.45. The highest BCUT2D eigenvalue weighted by atomic mass is 31.2. The molecule has 0 bridgehead atoms. The Bertz CT molecular complexity index is 1150. The Labute approximate surface area is 435 Å². The fourth-order valence-corrected chi connectivity index (χ4v) is 10.1. The average molecular weight is 1010 g/mol. The lowest BCUT2D eigenvalue weighted by Crippen LogP contribution is -2.37. The summed E-state index contributed by atoms with van der Waals surface area (Å²) >= 11 is 0. The molecule has 2 atom stereocenters. The van der Waals surface area contributed by atoms with Crippen LogP contribution in [0.15, 0.2) is 0 Å². The maximum atomic E-state index is 12.8. The zero-order chi connectivity index (χ0) is 51.3. The van der Waals surface area contributed by atoms with Gasteiger partial charge in [0.1, 0.15) is 19.8 Å². The molecule has 0 aromatic heterocycles. The Morgan fingerprint density at radius 3 is 0.914 bits per heavy atom. The minimum absolute atomic E-state index is 0.0255. The molecule has 0 spiro atoms. The van der Waals surface area contributed by atoms with Crippen LogP contribution < -0.4 is 4.89 Å². The number of rotatable bonds is 58. The highest BCUT2D eigenvalue weighted by Crippen LogP contribution is 2.38. The lowest BCUT2D eigenvalue weighted by atomic mass is 10.0. The van der Waals surface area contributed by atoms with Crippen LogP contribution in [-0.4, -0.2) is 70.0 Å². The molecule has 0 saturated heterocycles. The van der Waals surface area contributed by atoms with Crippen molar-refractivity contribution >= 4 is 19.8 Å². The number of carbonyl (C=O) groups excluding carboxylic acids is 2. The van der Waals surface area contributed by atoms with E-state index in [1.165, 1.54) is 257 Å². The third kappa shape index (κ3) is 56.3. The van der Waals surface area contributed by atoms with Gasteiger partial charge in [-0.05, 0) is 12.8 Å². The fourth-order valence-electron chi connectivity index (χ4n) is 9.37. The van der Waals surface area contributed by atoms with E-state index in [4.69, 9.17) is 18.5 Å². The van der Waals surface area contributed by atoms with Crippen molar-refractivity contribution in [2.24, 2.45) is 0 Å². The summed E-state index contributed by atoms with van der Waals surface area (Å²) < 4.78 is 34.1. The van der Waals surface area contributed by atoms with Gasteiger partial charge in [-0.25, -0.2) is 0 Å². The number of unbranched alkanes of at least 4 members (excludes halogenated alkanes) is 44. The molecule has 70 heavy (non-hydrogen) atoms. The van der Waals surface area contributed by atoms with E-state index in [-0.39, 0.29) is 32.0 Å². The lowest BCUT2D eigenvalue weighted by molar-refractivity contribution is -0.870. The number of ether oxygens (including phenoxy) is 2. The molecule has 0 aliphatic heterocycles. The predicted octanol–water partition coefficient (Wildman–Crippen LogP) is 18.4. The van der Waals surface area contributed by atoms with E-state index in [0.717, 1.165) is 32.1 Å². The Morgan fingerprint density at radius 1 is 0.386 bits per heavy atom. The van der Waals surface area contributed by atoms with Crippen LogP contribution in [0.3, 0.4) is 0 Å². The van der Waals surface area contributed by atoms with E-state index >= 15 is 0 Å². The molecule has 9 nitrogen and oxygen atoms in total. The van der Waals surface area contributed by atoms with Crippen molar-refractivity contribution in [3.05, 3.63) is 0 Å². The zero-order valence-corrected chi connectivity index (χ0v) is 48.4. The number of phosphoric ester groups is 1. The Balaban J connectivity index is 3.82. The second-order valence-corrected chi connectivity index (χ2v) is 23.9. The average Bonchev–Trinajstić information content (AvgIpc) is 3.32. The molecule has 0 radical (unpaired) electrons. The summed E-state index contributed by atoms with van der Waals surface area (Å²) in [5, 5.41) is 0. The van der Waals surface area contributed by atoms with Gasteiger partial charge in [0.15, 0.2) is 6.10 Å².